The predicted molar refractivity (Wildman–Crippen MR) is 82.2 cm³/mol. The van der Waals surface area contributed by atoms with Gasteiger partial charge in [-0.3, -0.25) is 9.78 Å². The van der Waals surface area contributed by atoms with Gasteiger partial charge in [0, 0.05) is 38.9 Å². The third kappa shape index (κ3) is 4.27. The fourth-order valence-corrected chi connectivity index (χ4v) is 3.08. The average Bonchev–Trinajstić information content (AvgIpc) is 3.07. The molecule has 3 rings (SSSR count). The van der Waals surface area contributed by atoms with Gasteiger partial charge in [-0.25, -0.2) is 0 Å². The number of piperidine rings is 1. The van der Waals surface area contributed by atoms with Gasteiger partial charge in [0.15, 0.2) is 0 Å². The molecule has 0 N–H and O–H groups in total. The number of nitrogens with zero attached hydrogens (tertiary/aromatic N) is 2. The molecule has 0 saturated carbocycles. The fourth-order valence-electron chi connectivity index (χ4n) is 3.08. The number of aromatic nitrogens is 1. The summed E-state index contributed by atoms with van der Waals surface area (Å²) in [7, 11) is 0. The lowest BCUT2D eigenvalue weighted by Crippen LogP contribution is -2.41. The minimum absolute atomic E-state index is 0.237. The Bertz CT molecular complexity index is 466. The summed E-state index contributed by atoms with van der Waals surface area (Å²) in [5.41, 5.74) is 0.960. The highest BCUT2D eigenvalue weighted by Gasteiger charge is 2.26. The second-order valence-electron chi connectivity index (χ2n) is 6.15. The molecular formula is C17H24N2O3. The zero-order chi connectivity index (χ0) is 15.2. The third-order valence-corrected chi connectivity index (χ3v) is 4.48. The van der Waals surface area contributed by atoms with Gasteiger partial charge in [0.2, 0.25) is 5.91 Å². The molecule has 2 saturated heterocycles. The lowest BCUT2D eigenvalue weighted by molar-refractivity contribution is -0.135. The Labute approximate surface area is 131 Å². The molecule has 1 amide bonds. The molecule has 1 aromatic heterocycles. The number of carbonyl (C=O) groups is 1. The van der Waals surface area contributed by atoms with Crippen molar-refractivity contribution in [3.05, 3.63) is 30.1 Å². The van der Waals surface area contributed by atoms with E-state index in [1.165, 1.54) is 0 Å². The van der Waals surface area contributed by atoms with E-state index >= 15 is 0 Å². The number of ether oxygens (including phenoxy) is 2. The first kappa shape index (κ1) is 15.4. The van der Waals surface area contributed by atoms with E-state index < -0.39 is 0 Å². The van der Waals surface area contributed by atoms with Crippen LogP contribution in [0, 0.1) is 5.92 Å². The quantitative estimate of drug-likeness (QED) is 0.835. The van der Waals surface area contributed by atoms with E-state index in [2.05, 4.69) is 4.98 Å². The van der Waals surface area contributed by atoms with Crippen LogP contribution in [-0.2, 0) is 20.9 Å². The van der Waals surface area contributed by atoms with Crippen LogP contribution in [0.2, 0.25) is 0 Å². The third-order valence-electron chi connectivity index (χ3n) is 4.48. The Morgan fingerprint density at radius 2 is 2.18 bits per heavy atom. The van der Waals surface area contributed by atoms with Crippen LogP contribution >= 0.6 is 0 Å². The summed E-state index contributed by atoms with van der Waals surface area (Å²) < 4.78 is 11.2. The van der Waals surface area contributed by atoms with Gasteiger partial charge >= 0.3 is 0 Å². The molecule has 5 heteroatoms. The van der Waals surface area contributed by atoms with Gasteiger partial charge < -0.3 is 14.4 Å². The first-order valence-corrected chi connectivity index (χ1v) is 8.18. The van der Waals surface area contributed by atoms with Crippen LogP contribution in [0.15, 0.2) is 24.4 Å². The second-order valence-corrected chi connectivity index (χ2v) is 6.15. The van der Waals surface area contributed by atoms with Gasteiger partial charge in [-0.1, -0.05) is 6.07 Å². The highest BCUT2D eigenvalue weighted by Crippen LogP contribution is 2.20. The molecule has 2 fully saturated rings. The first-order valence-electron chi connectivity index (χ1n) is 8.18. The van der Waals surface area contributed by atoms with Gasteiger partial charge in [-0.05, 0) is 37.3 Å². The Kier molecular flexibility index (Phi) is 5.40. The summed E-state index contributed by atoms with van der Waals surface area (Å²) in [4.78, 5) is 18.5. The highest BCUT2D eigenvalue weighted by atomic mass is 16.5. The molecule has 0 aliphatic carbocycles. The van der Waals surface area contributed by atoms with Crippen molar-refractivity contribution in [2.75, 3.05) is 26.3 Å². The molecule has 3 heterocycles. The van der Waals surface area contributed by atoms with Crippen LogP contribution < -0.4 is 0 Å². The van der Waals surface area contributed by atoms with Crippen LogP contribution in [0.5, 0.6) is 0 Å². The van der Waals surface area contributed by atoms with Crippen molar-refractivity contribution < 1.29 is 14.3 Å². The molecule has 0 aromatic carbocycles. The lowest BCUT2D eigenvalue weighted by Gasteiger charge is -2.32. The molecular weight excluding hydrogens is 280 g/mol. The Hall–Kier alpha value is -1.46. The van der Waals surface area contributed by atoms with Gasteiger partial charge in [-0.15, -0.1) is 0 Å². The minimum Gasteiger partial charge on any atom is -0.381 e. The summed E-state index contributed by atoms with van der Waals surface area (Å²) in [6, 6.07) is 5.85. The van der Waals surface area contributed by atoms with Gasteiger partial charge in [0.1, 0.15) is 0 Å². The molecule has 5 nitrogen and oxygen atoms in total. The van der Waals surface area contributed by atoms with E-state index in [4.69, 9.17) is 9.47 Å². The first-order chi connectivity index (χ1) is 10.8. The van der Waals surface area contributed by atoms with Crippen molar-refractivity contribution in [3.8, 4) is 0 Å². The van der Waals surface area contributed by atoms with Crippen molar-refractivity contribution in [2.45, 2.75) is 38.4 Å². The van der Waals surface area contributed by atoms with E-state index in [1.54, 1.807) is 6.20 Å². The van der Waals surface area contributed by atoms with E-state index in [0.29, 0.717) is 18.9 Å². The smallest absolute Gasteiger partial charge is 0.222 e. The van der Waals surface area contributed by atoms with Crippen molar-refractivity contribution in [2.24, 2.45) is 5.92 Å². The molecule has 1 atom stereocenters. The summed E-state index contributed by atoms with van der Waals surface area (Å²) in [6.45, 7) is 3.72. The largest absolute Gasteiger partial charge is 0.381 e. The minimum atomic E-state index is 0.237. The molecule has 1 unspecified atom stereocenters. The van der Waals surface area contributed by atoms with E-state index in [9.17, 15) is 4.79 Å². The Balaban J connectivity index is 1.37. The van der Waals surface area contributed by atoms with Crippen LogP contribution in [0.3, 0.4) is 0 Å². The second kappa shape index (κ2) is 7.70. The summed E-state index contributed by atoms with van der Waals surface area (Å²) >= 11 is 0. The summed E-state index contributed by atoms with van der Waals surface area (Å²) in [5.74, 6) is 0.698. The number of hydrogen-bond donors (Lipinski definition) is 0. The maximum absolute atomic E-state index is 12.3. The standard InChI is InChI=1S/C17H24N2O3/c20-17(11-14-6-10-21-12-14)19-8-4-16(5-9-19)22-13-15-3-1-2-7-18-15/h1-3,7,14,16H,4-6,8-13H2. The highest BCUT2D eigenvalue weighted by molar-refractivity contribution is 5.76. The van der Waals surface area contributed by atoms with Crippen molar-refractivity contribution in [1.82, 2.24) is 9.88 Å². The molecule has 0 spiro atoms. The van der Waals surface area contributed by atoms with Gasteiger partial charge in [0.05, 0.1) is 18.4 Å². The van der Waals surface area contributed by atoms with Crippen molar-refractivity contribution in [1.29, 1.82) is 0 Å². The van der Waals surface area contributed by atoms with E-state index in [0.717, 1.165) is 51.3 Å². The molecule has 0 bridgehead atoms. The predicted octanol–water partition coefficient (Wildman–Crippen LogP) is 2.02. The molecule has 2 aliphatic rings. The zero-order valence-corrected chi connectivity index (χ0v) is 12.9. The van der Waals surface area contributed by atoms with Gasteiger partial charge in [-0.2, -0.15) is 0 Å². The molecule has 120 valence electrons. The number of pyridine rings is 1. The average molecular weight is 304 g/mol. The fraction of sp³-hybridized carbons (Fsp3) is 0.647. The molecule has 1 aromatic rings. The normalized spacial score (nSPS) is 22.9. The molecule has 2 aliphatic heterocycles. The van der Waals surface area contributed by atoms with E-state index in [1.807, 2.05) is 23.1 Å². The van der Waals surface area contributed by atoms with Crippen LogP contribution in [0.1, 0.15) is 31.4 Å². The lowest BCUT2D eigenvalue weighted by atomic mass is 10.0. The SMILES string of the molecule is O=C(CC1CCOC1)N1CCC(OCc2ccccn2)CC1. The number of carbonyl (C=O) groups excluding carboxylic acids is 1. The Morgan fingerprint density at radius 1 is 1.32 bits per heavy atom. The van der Waals surface area contributed by atoms with Crippen LogP contribution in [0.4, 0.5) is 0 Å². The van der Waals surface area contributed by atoms with Crippen molar-refractivity contribution >= 4 is 5.91 Å². The maximum atomic E-state index is 12.3. The van der Waals surface area contributed by atoms with Crippen LogP contribution in [-0.4, -0.2) is 48.2 Å². The summed E-state index contributed by atoms with van der Waals surface area (Å²) in [6.07, 6.45) is 5.52. The molecule has 22 heavy (non-hydrogen) atoms. The zero-order valence-electron chi connectivity index (χ0n) is 12.9. The number of amides is 1. The van der Waals surface area contributed by atoms with E-state index in [-0.39, 0.29) is 12.0 Å². The van der Waals surface area contributed by atoms with Gasteiger partial charge in [0.25, 0.3) is 0 Å². The maximum Gasteiger partial charge on any atom is 0.222 e. The van der Waals surface area contributed by atoms with Crippen molar-refractivity contribution in [3.63, 3.8) is 0 Å². The Morgan fingerprint density at radius 3 is 2.86 bits per heavy atom. The monoisotopic (exact) mass is 304 g/mol. The number of likely N-dealkylation sites (tertiary alicyclic amines) is 1. The number of hydrogen-bond acceptors (Lipinski definition) is 4. The number of rotatable bonds is 5. The van der Waals surface area contributed by atoms with Crippen LogP contribution in [0.25, 0.3) is 0 Å². The topological polar surface area (TPSA) is 51.7 Å². The summed E-state index contributed by atoms with van der Waals surface area (Å²) in [5, 5.41) is 0. The molecule has 0 radical (unpaired) electrons.